The van der Waals surface area contributed by atoms with Crippen LogP contribution in [0, 0.1) is 6.92 Å². The van der Waals surface area contributed by atoms with Crippen molar-refractivity contribution in [3.63, 3.8) is 0 Å². The van der Waals surface area contributed by atoms with E-state index in [1.807, 2.05) is 26.0 Å². The van der Waals surface area contributed by atoms with Crippen LogP contribution in [0.4, 0.5) is 5.69 Å². The molecule has 3 heteroatoms. The number of aliphatic hydroxyl groups excluding tert-OH is 1. The van der Waals surface area contributed by atoms with E-state index in [9.17, 15) is 5.11 Å². The van der Waals surface area contributed by atoms with Crippen LogP contribution in [0.3, 0.4) is 0 Å². The number of rotatable bonds is 4. The molecule has 1 unspecified atom stereocenters. The SMILES string of the molecule is CCC(O)COc1c(C)cccc1N. The highest BCUT2D eigenvalue weighted by Gasteiger charge is 2.06. The Kier molecular flexibility index (Phi) is 3.77. The minimum absolute atomic E-state index is 0.297. The van der Waals surface area contributed by atoms with Crippen LogP contribution in [0.15, 0.2) is 18.2 Å². The normalized spacial score (nSPS) is 12.5. The molecule has 0 radical (unpaired) electrons. The van der Waals surface area contributed by atoms with Gasteiger partial charge in [-0.3, -0.25) is 0 Å². The topological polar surface area (TPSA) is 55.5 Å². The van der Waals surface area contributed by atoms with Gasteiger partial charge in [0.25, 0.3) is 0 Å². The molecule has 3 N–H and O–H groups in total. The molecule has 0 bridgehead atoms. The summed E-state index contributed by atoms with van der Waals surface area (Å²) in [4.78, 5) is 0. The van der Waals surface area contributed by atoms with Crippen molar-refractivity contribution in [1.82, 2.24) is 0 Å². The standard InChI is InChI=1S/C11H17NO2/c1-3-9(13)7-14-11-8(2)5-4-6-10(11)12/h4-6,9,13H,3,7,12H2,1-2H3. The number of hydrogen-bond acceptors (Lipinski definition) is 3. The lowest BCUT2D eigenvalue weighted by molar-refractivity contribution is 0.104. The summed E-state index contributed by atoms with van der Waals surface area (Å²) in [5.41, 5.74) is 7.36. The number of aliphatic hydroxyl groups is 1. The molecule has 0 aliphatic rings. The third kappa shape index (κ3) is 2.64. The van der Waals surface area contributed by atoms with Crippen LogP contribution < -0.4 is 10.5 Å². The molecule has 1 aromatic carbocycles. The number of nitrogen functional groups attached to an aromatic ring is 1. The van der Waals surface area contributed by atoms with Gasteiger partial charge in [0.1, 0.15) is 12.4 Å². The fourth-order valence-corrected chi connectivity index (χ4v) is 1.17. The summed E-state index contributed by atoms with van der Waals surface area (Å²) in [7, 11) is 0. The van der Waals surface area contributed by atoms with Gasteiger partial charge in [0.05, 0.1) is 11.8 Å². The summed E-state index contributed by atoms with van der Waals surface area (Å²) < 4.78 is 5.45. The molecule has 0 amide bonds. The average Bonchev–Trinajstić information content (AvgIpc) is 2.16. The third-order valence-corrected chi connectivity index (χ3v) is 2.13. The number of aryl methyl sites for hydroxylation is 1. The number of nitrogens with two attached hydrogens (primary N) is 1. The minimum atomic E-state index is -0.422. The Morgan fingerprint density at radius 3 is 2.79 bits per heavy atom. The molecular weight excluding hydrogens is 178 g/mol. The molecule has 1 atom stereocenters. The largest absolute Gasteiger partial charge is 0.488 e. The first-order valence-electron chi connectivity index (χ1n) is 4.81. The molecule has 3 nitrogen and oxygen atoms in total. The second-order valence-electron chi connectivity index (χ2n) is 3.37. The van der Waals surface area contributed by atoms with Gasteiger partial charge in [0.2, 0.25) is 0 Å². The molecule has 14 heavy (non-hydrogen) atoms. The van der Waals surface area contributed by atoms with Gasteiger partial charge in [-0.15, -0.1) is 0 Å². The second-order valence-corrected chi connectivity index (χ2v) is 3.37. The van der Waals surface area contributed by atoms with Crippen molar-refractivity contribution < 1.29 is 9.84 Å². The van der Waals surface area contributed by atoms with Crippen molar-refractivity contribution in [3.8, 4) is 5.75 Å². The van der Waals surface area contributed by atoms with Crippen molar-refractivity contribution in [3.05, 3.63) is 23.8 Å². The van der Waals surface area contributed by atoms with Gasteiger partial charge in [-0.05, 0) is 25.0 Å². The van der Waals surface area contributed by atoms with Crippen LogP contribution in [0.25, 0.3) is 0 Å². The lowest BCUT2D eigenvalue weighted by Gasteiger charge is -2.13. The van der Waals surface area contributed by atoms with E-state index in [1.165, 1.54) is 0 Å². The first-order chi connectivity index (χ1) is 6.65. The molecular formula is C11H17NO2. The molecule has 0 saturated heterocycles. The Hall–Kier alpha value is -1.22. The smallest absolute Gasteiger partial charge is 0.145 e. The van der Waals surface area contributed by atoms with Crippen molar-refractivity contribution in [2.24, 2.45) is 0 Å². The second kappa shape index (κ2) is 4.86. The van der Waals surface area contributed by atoms with E-state index in [0.29, 0.717) is 24.5 Å². The summed E-state index contributed by atoms with van der Waals surface area (Å²) >= 11 is 0. The maximum Gasteiger partial charge on any atom is 0.145 e. The maximum atomic E-state index is 9.34. The number of anilines is 1. The van der Waals surface area contributed by atoms with Crippen molar-refractivity contribution in [2.75, 3.05) is 12.3 Å². The first kappa shape index (κ1) is 10.9. The van der Waals surface area contributed by atoms with Gasteiger partial charge in [-0.2, -0.15) is 0 Å². The number of benzene rings is 1. The van der Waals surface area contributed by atoms with Crippen molar-refractivity contribution >= 4 is 5.69 Å². The lowest BCUT2D eigenvalue weighted by Crippen LogP contribution is -2.17. The highest BCUT2D eigenvalue weighted by molar-refractivity contribution is 5.56. The van der Waals surface area contributed by atoms with Gasteiger partial charge < -0.3 is 15.6 Å². The molecule has 0 aromatic heterocycles. The molecule has 0 heterocycles. The van der Waals surface area contributed by atoms with Crippen LogP contribution >= 0.6 is 0 Å². The molecule has 1 rings (SSSR count). The van der Waals surface area contributed by atoms with Crippen molar-refractivity contribution in [1.29, 1.82) is 0 Å². The van der Waals surface area contributed by atoms with Gasteiger partial charge >= 0.3 is 0 Å². The monoisotopic (exact) mass is 195 g/mol. The Bertz CT molecular complexity index is 279. The van der Waals surface area contributed by atoms with Gasteiger partial charge in [-0.25, -0.2) is 0 Å². The average molecular weight is 195 g/mol. The highest BCUT2D eigenvalue weighted by atomic mass is 16.5. The Morgan fingerprint density at radius 1 is 1.50 bits per heavy atom. The fourth-order valence-electron chi connectivity index (χ4n) is 1.17. The highest BCUT2D eigenvalue weighted by Crippen LogP contribution is 2.25. The Morgan fingerprint density at radius 2 is 2.21 bits per heavy atom. The van der Waals surface area contributed by atoms with Gasteiger partial charge in [-0.1, -0.05) is 19.1 Å². The summed E-state index contributed by atoms with van der Waals surface area (Å²) in [6.45, 7) is 4.14. The number of ether oxygens (including phenoxy) is 1. The Labute approximate surface area is 84.5 Å². The van der Waals surface area contributed by atoms with Crippen LogP contribution in [-0.2, 0) is 0 Å². The number of hydrogen-bond donors (Lipinski definition) is 2. The molecule has 0 aliphatic carbocycles. The number of para-hydroxylation sites is 1. The molecule has 0 aliphatic heterocycles. The zero-order valence-corrected chi connectivity index (χ0v) is 8.66. The molecule has 0 saturated carbocycles. The van der Waals surface area contributed by atoms with Crippen LogP contribution in [0.2, 0.25) is 0 Å². The van der Waals surface area contributed by atoms with E-state index in [4.69, 9.17) is 10.5 Å². The van der Waals surface area contributed by atoms with Crippen LogP contribution in [-0.4, -0.2) is 17.8 Å². The minimum Gasteiger partial charge on any atom is -0.488 e. The van der Waals surface area contributed by atoms with E-state index in [-0.39, 0.29) is 0 Å². The molecule has 1 aromatic rings. The van der Waals surface area contributed by atoms with Crippen LogP contribution in [0.1, 0.15) is 18.9 Å². The molecule has 0 spiro atoms. The summed E-state index contributed by atoms with van der Waals surface area (Å²) in [6.07, 6.45) is 0.264. The quantitative estimate of drug-likeness (QED) is 0.719. The van der Waals surface area contributed by atoms with Gasteiger partial charge in [0.15, 0.2) is 0 Å². The summed E-state index contributed by atoms with van der Waals surface area (Å²) in [6, 6.07) is 5.61. The van der Waals surface area contributed by atoms with Crippen LogP contribution in [0.5, 0.6) is 5.75 Å². The van der Waals surface area contributed by atoms with E-state index in [1.54, 1.807) is 6.07 Å². The maximum absolute atomic E-state index is 9.34. The summed E-state index contributed by atoms with van der Waals surface area (Å²) in [5, 5.41) is 9.34. The molecule has 0 fully saturated rings. The van der Waals surface area contributed by atoms with E-state index < -0.39 is 6.10 Å². The Balaban J connectivity index is 2.66. The lowest BCUT2D eigenvalue weighted by atomic mass is 10.2. The van der Waals surface area contributed by atoms with E-state index in [2.05, 4.69) is 0 Å². The summed E-state index contributed by atoms with van der Waals surface area (Å²) in [5.74, 6) is 0.681. The zero-order valence-electron chi connectivity index (χ0n) is 8.66. The third-order valence-electron chi connectivity index (χ3n) is 2.13. The predicted octanol–water partition coefficient (Wildman–Crippen LogP) is 1.73. The van der Waals surface area contributed by atoms with Gasteiger partial charge in [0, 0.05) is 0 Å². The predicted molar refractivity (Wildman–Crippen MR) is 57.4 cm³/mol. The fraction of sp³-hybridized carbons (Fsp3) is 0.455. The van der Waals surface area contributed by atoms with E-state index >= 15 is 0 Å². The first-order valence-corrected chi connectivity index (χ1v) is 4.81. The molecule has 78 valence electrons. The zero-order chi connectivity index (χ0) is 10.6. The van der Waals surface area contributed by atoms with E-state index in [0.717, 1.165) is 5.56 Å². The van der Waals surface area contributed by atoms with Crippen molar-refractivity contribution in [2.45, 2.75) is 26.4 Å².